The topological polar surface area (TPSA) is 76.0 Å². The minimum atomic E-state index is -0.242. The molecule has 2 aromatic carbocycles. The number of aryl methyl sites for hydroxylation is 1. The summed E-state index contributed by atoms with van der Waals surface area (Å²) < 4.78 is 1.74. The molecule has 0 spiro atoms. The fourth-order valence-corrected chi connectivity index (χ4v) is 2.87. The van der Waals surface area contributed by atoms with Gasteiger partial charge in [0.05, 0.1) is 12.7 Å². The van der Waals surface area contributed by atoms with Crippen LogP contribution in [0.2, 0.25) is 5.02 Å². The van der Waals surface area contributed by atoms with Gasteiger partial charge in [-0.25, -0.2) is 4.68 Å². The number of benzene rings is 2. The molecule has 0 fully saturated rings. The molecule has 0 aliphatic rings. The highest BCUT2D eigenvalue weighted by Crippen LogP contribution is 2.12. The molecule has 6 nitrogen and oxygen atoms in total. The van der Waals surface area contributed by atoms with E-state index in [1.807, 2.05) is 25.1 Å². The van der Waals surface area contributed by atoms with Gasteiger partial charge in [-0.3, -0.25) is 9.59 Å². The van der Waals surface area contributed by atoms with Crippen molar-refractivity contribution >= 4 is 29.2 Å². The van der Waals surface area contributed by atoms with Gasteiger partial charge in [0, 0.05) is 29.6 Å². The number of hydrogen-bond acceptors (Lipinski definition) is 3. The number of aromatic nitrogens is 2. The number of nitrogens with one attached hydrogen (secondary N) is 2. The first-order valence-corrected chi connectivity index (χ1v) is 9.30. The van der Waals surface area contributed by atoms with Gasteiger partial charge < -0.3 is 10.6 Å². The number of halogens is 1. The third-order valence-electron chi connectivity index (χ3n) is 4.14. The van der Waals surface area contributed by atoms with Crippen LogP contribution in [0.1, 0.15) is 27.9 Å². The monoisotopic (exact) mass is 396 g/mol. The molecule has 144 valence electrons. The van der Waals surface area contributed by atoms with Gasteiger partial charge >= 0.3 is 0 Å². The summed E-state index contributed by atoms with van der Waals surface area (Å²) in [6.07, 6.45) is 1.81. The van der Waals surface area contributed by atoms with E-state index in [-0.39, 0.29) is 24.8 Å². The van der Waals surface area contributed by atoms with E-state index in [1.54, 1.807) is 41.2 Å². The number of rotatable bonds is 7. The molecule has 2 N–H and O–H groups in total. The van der Waals surface area contributed by atoms with Crippen molar-refractivity contribution < 1.29 is 9.59 Å². The standard InChI is InChI=1S/C21H21ClN4O2/c1-15-3-2-4-16(13-15)14-26-19(9-12-24-26)25-20(27)10-11-23-21(28)17-5-7-18(22)8-6-17/h2-9,12-13H,10-11,14H2,1H3,(H,23,28)(H,25,27). The van der Waals surface area contributed by atoms with Gasteiger partial charge in [-0.2, -0.15) is 5.10 Å². The predicted octanol–water partition coefficient (Wildman–Crippen LogP) is 3.65. The zero-order chi connectivity index (χ0) is 19.9. The number of carbonyl (C=O) groups excluding carboxylic acids is 2. The maximum atomic E-state index is 12.2. The molecule has 0 radical (unpaired) electrons. The van der Waals surface area contributed by atoms with E-state index in [1.165, 1.54) is 5.56 Å². The first-order valence-electron chi connectivity index (χ1n) is 8.92. The number of anilines is 1. The average Bonchev–Trinajstić information content (AvgIpc) is 3.08. The van der Waals surface area contributed by atoms with Crippen molar-refractivity contribution in [3.05, 3.63) is 82.5 Å². The van der Waals surface area contributed by atoms with Crippen LogP contribution in [0.5, 0.6) is 0 Å². The van der Waals surface area contributed by atoms with Crippen molar-refractivity contribution in [2.24, 2.45) is 0 Å². The molecular formula is C21H21ClN4O2. The largest absolute Gasteiger partial charge is 0.352 e. The second-order valence-electron chi connectivity index (χ2n) is 6.42. The van der Waals surface area contributed by atoms with Gasteiger partial charge in [-0.15, -0.1) is 0 Å². The second-order valence-corrected chi connectivity index (χ2v) is 6.86. The van der Waals surface area contributed by atoms with Crippen molar-refractivity contribution in [3.63, 3.8) is 0 Å². The number of amides is 2. The maximum absolute atomic E-state index is 12.2. The highest BCUT2D eigenvalue weighted by Gasteiger charge is 2.10. The van der Waals surface area contributed by atoms with E-state index in [9.17, 15) is 9.59 Å². The van der Waals surface area contributed by atoms with Crippen LogP contribution in [0.15, 0.2) is 60.8 Å². The van der Waals surface area contributed by atoms with E-state index in [4.69, 9.17) is 11.6 Å². The Balaban J connectivity index is 1.49. The highest BCUT2D eigenvalue weighted by molar-refractivity contribution is 6.30. The molecule has 2 amide bonds. The van der Waals surface area contributed by atoms with E-state index in [0.29, 0.717) is 22.9 Å². The molecule has 28 heavy (non-hydrogen) atoms. The van der Waals surface area contributed by atoms with Crippen LogP contribution in [-0.2, 0) is 11.3 Å². The molecule has 0 aliphatic heterocycles. The first kappa shape index (κ1) is 19.6. The lowest BCUT2D eigenvalue weighted by molar-refractivity contribution is -0.116. The van der Waals surface area contributed by atoms with Crippen molar-refractivity contribution in [1.82, 2.24) is 15.1 Å². The zero-order valence-corrected chi connectivity index (χ0v) is 16.2. The van der Waals surface area contributed by atoms with Crippen molar-refractivity contribution in [3.8, 4) is 0 Å². The maximum Gasteiger partial charge on any atom is 0.251 e. The Bertz CT molecular complexity index is 967. The lowest BCUT2D eigenvalue weighted by Gasteiger charge is -2.10. The van der Waals surface area contributed by atoms with E-state index >= 15 is 0 Å². The van der Waals surface area contributed by atoms with E-state index in [2.05, 4.69) is 21.8 Å². The summed E-state index contributed by atoms with van der Waals surface area (Å²) in [6.45, 7) is 2.84. The minimum Gasteiger partial charge on any atom is -0.352 e. The third-order valence-corrected chi connectivity index (χ3v) is 4.39. The summed E-state index contributed by atoms with van der Waals surface area (Å²) in [4.78, 5) is 24.3. The normalized spacial score (nSPS) is 10.5. The van der Waals surface area contributed by atoms with Crippen LogP contribution in [-0.4, -0.2) is 28.1 Å². The molecule has 0 saturated heterocycles. The third kappa shape index (κ3) is 5.44. The average molecular weight is 397 g/mol. The Morgan fingerprint density at radius 2 is 1.89 bits per heavy atom. The Labute approximate surface area is 168 Å². The van der Waals surface area contributed by atoms with Gasteiger partial charge in [0.2, 0.25) is 5.91 Å². The number of nitrogens with zero attached hydrogens (tertiary/aromatic N) is 2. The zero-order valence-electron chi connectivity index (χ0n) is 15.5. The van der Waals surface area contributed by atoms with Crippen molar-refractivity contribution in [2.45, 2.75) is 19.9 Å². The summed E-state index contributed by atoms with van der Waals surface area (Å²) in [5.41, 5.74) is 2.78. The van der Waals surface area contributed by atoms with Gasteiger partial charge in [0.25, 0.3) is 5.91 Å². The Morgan fingerprint density at radius 1 is 1.11 bits per heavy atom. The molecule has 3 aromatic rings. The summed E-state index contributed by atoms with van der Waals surface area (Å²) in [5.74, 6) is 0.187. The Morgan fingerprint density at radius 3 is 2.64 bits per heavy atom. The Kier molecular flexibility index (Phi) is 6.45. The highest BCUT2D eigenvalue weighted by atomic mass is 35.5. The molecule has 3 rings (SSSR count). The van der Waals surface area contributed by atoms with Crippen LogP contribution in [0.25, 0.3) is 0 Å². The van der Waals surface area contributed by atoms with Crippen LogP contribution < -0.4 is 10.6 Å². The summed E-state index contributed by atoms with van der Waals surface area (Å²) >= 11 is 5.81. The first-order chi connectivity index (χ1) is 13.5. The lowest BCUT2D eigenvalue weighted by Crippen LogP contribution is -2.28. The van der Waals surface area contributed by atoms with Gasteiger partial charge in [0.1, 0.15) is 5.82 Å². The minimum absolute atomic E-state index is 0.162. The molecule has 0 unspecified atom stereocenters. The fraction of sp³-hybridized carbons (Fsp3) is 0.190. The molecule has 1 heterocycles. The van der Waals surface area contributed by atoms with E-state index in [0.717, 1.165) is 5.56 Å². The number of carbonyl (C=O) groups is 2. The summed E-state index contributed by atoms with van der Waals surface area (Å²) in [6, 6.07) is 16.5. The van der Waals surface area contributed by atoms with Gasteiger partial charge in [-0.1, -0.05) is 41.4 Å². The molecule has 0 saturated carbocycles. The molecule has 0 atom stereocenters. The van der Waals surface area contributed by atoms with Gasteiger partial charge in [0.15, 0.2) is 0 Å². The lowest BCUT2D eigenvalue weighted by atomic mass is 10.1. The fourth-order valence-electron chi connectivity index (χ4n) is 2.75. The molecule has 7 heteroatoms. The smallest absolute Gasteiger partial charge is 0.251 e. The summed E-state index contributed by atoms with van der Waals surface area (Å²) in [5, 5.41) is 10.4. The van der Waals surface area contributed by atoms with Crippen molar-refractivity contribution in [2.75, 3.05) is 11.9 Å². The molecule has 0 bridgehead atoms. The number of hydrogen-bond donors (Lipinski definition) is 2. The van der Waals surface area contributed by atoms with Crippen LogP contribution >= 0.6 is 11.6 Å². The SMILES string of the molecule is Cc1cccc(Cn2nccc2NC(=O)CCNC(=O)c2ccc(Cl)cc2)c1. The second kappa shape index (κ2) is 9.19. The molecule has 0 aliphatic carbocycles. The van der Waals surface area contributed by atoms with E-state index < -0.39 is 0 Å². The summed E-state index contributed by atoms with van der Waals surface area (Å²) in [7, 11) is 0. The quantitative estimate of drug-likeness (QED) is 0.640. The Hall–Kier alpha value is -3.12. The predicted molar refractivity (Wildman–Crippen MR) is 110 cm³/mol. The van der Waals surface area contributed by atoms with Crippen LogP contribution in [0.3, 0.4) is 0 Å². The van der Waals surface area contributed by atoms with Gasteiger partial charge in [-0.05, 0) is 36.8 Å². The van der Waals surface area contributed by atoms with Crippen LogP contribution in [0, 0.1) is 6.92 Å². The van der Waals surface area contributed by atoms with Crippen molar-refractivity contribution in [1.29, 1.82) is 0 Å². The molecular weight excluding hydrogens is 376 g/mol. The molecule has 1 aromatic heterocycles. The van der Waals surface area contributed by atoms with Crippen LogP contribution in [0.4, 0.5) is 5.82 Å².